The van der Waals surface area contributed by atoms with Gasteiger partial charge in [-0.3, -0.25) is 14.4 Å². The van der Waals surface area contributed by atoms with Crippen LogP contribution in [-0.4, -0.2) is 19.8 Å². The second-order valence-corrected chi connectivity index (χ2v) is 6.56. The van der Waals surface area contributed by atoms with Crippen LogP contribution >= 0.6 is 0 Å². The second-order valence-electron chi connectivity index (χ2n) is 6.56. The predicted molar refractivity (Wildman–Crippen MR) is 102 cm³/mol. The summed E-state index contributed by atoms with van der Waals surface area (Å²) in [6.45, 7) is 0. The molecular weight excluding hydrogens is 416 g/mol. The predicted octanol–water partition coefficient (Wildman–Crippen LogP) is 4.57. The van der Waals surface area contributed by atoms with Crippen LogP contribution in [0.2, 0.25) is 0 Å². The van der Waals surface area contributed by atoms with E-state index in [1.54, 1.807) is 30.5 Å². The molecular formula is C21H10F4N4O2. The van der Waals surface area contributed by atoms with Crippen molar-refractivity contribution < 1.29 is 22.0 Å². The third-order valence-electron chi connectivity index (χ3n) is 4.74. The number of nitrogens with zero attached hydrogens (tertiary/aromatic N) is 3. The quantitative estimate of drug-likeness (QED) is 0.339. The van der Waals surface area contributed by atoms with E-state index < -0.39 is 45.8 Å². The van der Waals surface area contributed by atoms with Crippen molar-refractivity contribution >= 4 is 5.52 Å². The molecule has 6 nitrogen and oxygen atoms in total. The van der Waals surface area contributed by atoms with Crippen LogP contribution in [0.4, 0.5) is 17.6 Å². The maximum absolute atomic E-state index is 14.8. The van der Waals surface area contributed by atoms with Gasteiger partial charge in [0.15, 0.2) is 23.3 Å². The summed E-state index contributed by atoms with van der Waals surface area (Å²) in [6, 6.07) is 12.1. The third kappa shape index (κ3) is 2.83. The molecule has 3 heterocycles. The lowest BCUT2D eigenvalue weighted by Crippen LogP contribution is -2.03. The molecule has 0 aliphatic rings. The lowest BCUT2D eigenvalue weighted by atomic mass is 10.0. The Bertz CT molecular complexity index is 1480. The van der Waals surface area contributed by atoms with Gasteiger partial charge in [-0.25, -0.2) is 17.6 Å². The van der Waals surface area contributed by atoms with Crippen LogP contribution < -0.4 is 5.56 Å². The van der Waals surface area contributed by atoms with Crippen molar-refractivity contribution in [1.82, 2.24) is 19.8 Å². The molecule has 3 aromatic heterocycles. The van der Waals surface area contributed by atoms with Gasteiger partial charge in [-0.1, -0.05) is 36.4 Å². The van der Waals surface area contributed by atoms with Gasteiger partial charge in [0.25, 0.3) is 17.3 Å². The maximum Gasteiger partial charge on any atom is 0.277 e. The first-order valence-corrected chi connectivity index (χ1v) is 8.92. The van der Waals surface area contributed by atoms with Crippen molar-refractivity contribution in [2.75, 3.05) is 0 Å². The summed E-state index contributed by atoms with van der Waals surface area (Å²) in [5.41, 5.74) is -2.34. The van der Waals surface area contributed by atoms with E-state index in [4.69, 9.17) is 4.42 Å². The van der Waals surface area contributed by atoms with Crippen molar-refractivity contribution in [1.29, 1.82) is 0 Å². The number of aromatic amines is 1. The van der Waals surface area contributed by atoms with Crippen LogP contribution in [-0.2, 0) is 0 Å². The van der Waals surface area contributed by atoms with Gasteiger partial charge in [0.05, 0.1) is 11.1 Å². The summed E-state index contributed by atoms with van der Waals surface area (Å²) in [7, 11) is 0. The molecule has 0 aliphatic carbocycles. The van der Waals surface area contributed by atoms with E-state index in [0.29, 0.717) is 5.52 Å². The van der Waals surface area contributed by atoms with E-state index >= 15 is 0 Å². The summed E-state index contributed by atoms with van der Waals surface area (Å²) in [6.07, 6.45) is 1.56. The Morgan fingerprint density at radius 3 is 2.00 bits per heavy atom. The first-order chi connectivity index (χ1) is 15.0. The normalized spacial score (nSPS) is 11.4. The molecule has 0 fully saturated rings. The Labute approximate surface area is 170 Å². The Hall–Kier alpha value is -4.21. The standard InChI is InChI=1S/C21H10F4N4O2/c22-15-12(10-6-2-1-3-7-10)16(23)18(25)14(17(15)24)21-27-26-20(31-21)13-11-8-4-5-9-29(11)28-19(13)30/h1-9H,(H,28,30). The molecule has 0 radical (unpaired) electrons. The average molecular weight is 426 g/mol. The van der Waals surface area contributed by atoms with Crippen LogP contribution in [0, 0.1) is 23.3 Å². The highest BCUT2D eigenvalue weighted by Crippen LogP contribution is 2.37. The monoisotopic (exact) mass is 426 g/mol. The first-order valence-electron chi connectivity index (χ1n) is 8.92. The van der Waals surface area contributed by atoms with Gasteiger partial charge in [-0.2, -0.15) is 0 Å². The molecule has 0 atom stereocenters. The summed E-state index contributed by atoms with van der Waals surface area (Å²) >= 11 is 0. The SMILES string of the molecule is O=c1[nH]n2ccccc2c1-c1nnc(-c2c(F)c(F)c(-c3ccccc3)c(F)c2F)o1. The van der Waals surface area contributed by atoms with Gasteiger partial charge in [-0.15, -0.1) is 10.2 Å². The van der Waals surface area contributed by atoms with E-state index in [0.717, 1.165) is 0 Å². The molecule has 5 rings (SSSR count). The minimum absolute atomic E-state index is 0.0418. The van der Waals surface area contributed by atoms with Crippen molar-refractivity contribution in [2.45, 2.75) is 0 Å². The van der Waals surface area contributed by atoms with Gasteiger partial charge in [0.1, 0.15) is 11.1 Å². The van der Waals surface area contributed by atoms with Crippen molar-refractivity contribution in [3.05, 3.63) is 88.4 Å². The Kier molecular flexibility index (Phi) is 4.21. The number of pyridine rings is 1. The van der Waals surface area contributed by atoms with Crippen molar-refractivity contribution in [2.24, 2.45) is 0 Å². The second kappa shape index (κ2) is 6.94. The van der Waals surface area contributed by atoms with E-state index in [9.17, 15) is 22.4 Å². The highest BCUT2D eigenvalue weighted by atomic mass is 19.2. The zero-order valence-corrected chi connectivity index (χ0v) is 15.4. The van der Waals surface area contributed by atoms with Gasteiger partial charge in [0.2, 0.25) is 0 Å². The van der Waals surface area contributed by atoms with Gasteiger partial charge >= 0.3 is 0 Å². The molecule has 10 heteroatoms. The molecule has 2 aromatic carbocycles. The number of halogens is 4. The third-order valence-corrected chi connectivity index (χ3v) is 4.74. The summed E-state index contributed by atoms with van der Waals surface area (Å²) in [5, 5.41) is 9.65. The molecule has 5 aromatic rings. The van der Waals surface area contributed by atoms with Crippen molar-refractivity contribution in [3.8, 4) is 34.0 Å². The van der Waals surface area contributed by atoms with Crippen molar-refractivity contribution in [3.63, 3.8) is 0 Å². The summed E-state index contributed by atoms with van der Waals surface area (Å²) in [5.74, 6) is -7.76. The number of nitrogens with one attached hydrogen (secondary N) is 1. The summed E-state index contributed by atoms with van der Waals surface area (Å²) < 4.78 is 65.6. The fraction of sp³-hybridized carbons (Fsp3) is 0. The molecule has 0 aliphatic heterocycles. The molecule has 0 saturated carbocycles. The van der Waals surface area contributed by atoms with Crippen LogP contribution in [0.15, 0.2) is 63.9 Å². The van der Waals surface area contributed by atoms with Gasteiger partial charge in [0, 0.05) is 6.20 Å². The zero-order chi connectivity index (χ0) is 21.7. The number of rotatable bonds is 3. The number of hydrogen-bond acceptors (Lipinski definition) is 4. The van der Waals surface area contributed by atoms with E-state index in [-0.39, 0.29) is 17.0 Å². The number of fused-ring (bicyclic) bond motifs is 1. The highest BCUT2D eigenvalue weighted by Gasteiger charge is 2.30. The minimum atomic E-state index is -1.69. The Morgan fingerprint density at radius 2 is 1.32 bits per heavy atom. The van der Waals surface area contributed by atoms with Gasteiger partial charge in [-0.05, 0) is 17.7 Å². The number of benzene rings is 2. The van der Waals surface area contributed by atoms with Crippen LogP contribution in [0.1, 0.15) is 0 Å². The number of hydrogen-bond donors (Lipinski definition) is 1. The lowest BCUT2D eigenvalue weighted by molar-refractivity contribution is 0.455. The molecule has 31 heavy (non-hydrogen) atoms. The Morgan fingerprint density at radius 1 is 0.742 bits per heavy atom. The zero-order valence-electron chi connectivity index (χ0n) is 15.4. The topological polar surface area (TPSA) is 76.2 Å². The number of H-pyrrole nitrogens is 1. The first kappa shape index (κ1) is 18.8. The molecule has 0 bridgehead atoms. The summed E-state index contributed by atoms with van der Waals surface area (Å²) in [4.78, 5) is 12.3. The average Bonchev–Trinajstić information content (AvgIpc) is 3.37. The highest BCUT2D eigenvalue weighted by molar-refractivity contribution is 5.75. The smallest absolute Gasteiger partial charge is 0.277 e. The van der Waals surface area contributed by atoms with Crippen LogP contribution in [0.3, 0.4) is 0 Å². The lowest BCUT2D eigenvalue weighted by Gasteiger charge is -2.10. The molecule has 1 N–H and O–H groups in total. The van der Waals surface area contributed by atoms with E-state index in [2.05, 4.69) is 15.3 Å². The minimum Gasteiger partial charge on any atom is -0.416 e. The Balaban J connectivity index is 1.68. The van der Waals surface area contributed by atoms with E-state index in [1.165, 1.54) is 28.8 Å². The molecule has 0 amide bonds. The van der Waals surface area contributed by atoms with E-state index in [1.807, 2.05) is 0 Å². The molecule has 0 spiro atoms. The molecule has 0 saturated heterocycles. The fourth-order valence-corrected chi connectivity index (χ4v) is 3.34. The van der Waals surface area contributed by atoms with Crippen LogP contribution in [0.5, 0.6) is 0 Å². The largest absolute Gasteiger partial charge is 0.416 e. The van der Waals surface area contributed by atoms with Crippen LogP contribution in [0.25, 0.3) is 39.6 Å². The fourth-order valence-electron chi connectivity index (χ4n) is 3.34. The number of aromatic nitrogens is 4. The maximum atomic E-state index is 14.8. The molecule has 154 valence electrons. The van der Waals surface area contributed by atoms with Gasteiger partial charge < -0.3 is 4.42 Å². The molecule has 0 unspecified atom stereocenters.